The molecule has 18 heavy (non-hydrogen) atoms. The van der Waals surface area contributed by atoms with Gasteiger partial charge in [0, 0.05) is 5.92 Å². The maximum absolute atomic E-state index is 13.5. The van der Waals surface area contributed by atoms with E-state index in [1.54, 1.807) is 6.92 Å². The van der Waals surface area contributed by atoms with Gasteiger partial charge in [0.15, 0.2) is 0 Å². The van der Waals surface area contributed by atoms with Gasteiger partial charge in [-0.3, -0.25) is 4.79 Å². The van der Waals surface area contributed by atoms with Crippen molar-refractivity contribution < 1.29 is 19.1 Å². The fraction of sp³-hybridized carbons (Fsp3) is 0.333. The normalized spacial score (nSPS) is 11.9. The first-order valence-corrected chi connectivity index (χ1v) is 5.49. The van der Waals surface area contributed by atoms with E-state index in [2.05, 4.69) is 5.32 Å². The molecule has 4 N–H and O–H groups in total. The van der Waals surface area contributed by atoms with E-state index >= 15 is 0 Å². The summed E-state index contributed by atoms with van der Waals surface area (Å²) in [4.78, 5) is 22.2. The molecular formula is C12H15FN2O3. The number of carboxylic acid groups (broad SMARTS) is 1. The lowest BCUT2D eigenvalue weighted by Gasteiger charge is -2.11. The summed E-state index contributed by atoms with van der Waals surface area (Å²) in [7, 11) is 0. The van der Waals surface area contributed by atoms with Crippen molar-refractivity contribution in [3.8, 4) is 0 Å². The lowest BCUT2D eigenvalue weighted by atomic mass is 10.1. The first-order chi connectivity index (χ1) is 8.45. The van der Waals surface area contributed by atoms with Gasteiger partial charge in [0.05, 0.1) is 11.3 Å². The number of carboxylic acids is 1. The Labute approximate surface area is 104 Å². The highest BCUT2D eigenvalue weighted by Crippen LogP contribution is 2.17. The number of benzene rings is 1. The third-order valence-electron chi connectivity index (χ3n) is 2.52. The number of carbonyl (C=O) groups is 2. The first-order valence-electron chi connectivity index (χ1n) is 5.49. The van der Waals surface area contributed by atoms with Crippen LogP contribution in [0.2, 0.25) is 0 Å². The number of nitrogens with two attached hydrogens (primary N) is 1. The Kier molecular flexibility index (Phi) is 4.79. The van der Waals surface area contributed by atoms with Gasteiger partial charge in [-0.15, -0.1) is 0 Å². The van der Waals surface area contributed by atoms with Crippen LogP contribution in [0.25, 0.3) is 0 Å². The monoisotopic (exact) mass is 254 g/mol. The van der Waals surface area contributed by atoms with Crippen LogP contribution < -0.4 is 11.1 Å². The summed E-state index contributed by atoms with van der Waals surface area (Å²) in [5, 5.41) is 11.1. The number of amides is 1. The fourth-order valence-electron chi connectivity index (χ4n) is 1.39. The van der Waals surface area contributed by atoms with E-state index in [4.69, 9.17) is 10.8 Å². The van der Waals surface area contributed by atoms with Crippen LogP contribution in [0.15, 0.2) is 18.2 Å². The maximum atomic E-state index is 13.5. The summed E-state index contributed by atoms with van der Waals surface area (Å²) in [6, 6.07) is 3.33. The van der Waals surface area contributed by atoms with Crippen molar-refractivity contribution in [1.29, 1.82) is 0 Å². The van der Waals surface area contributed by atoms with Gasteiger partial charge in [-0.05, 0) is 31.2 Å². The maximum Gasteiger partial charge on any atom is 0.335 e. The van der Waals surface area contributed by atoms with Gasteiger partial charge in [0.2, 0.25) is 5.91 Å². The van der Waals surface area contributed by atoms with E-state index in [1.165, 1.54) is 12.1 Å². The lowest BCUT2D eigenvalue weighted by molar-refractivity contribution is -0.119. The van der Waals surface area contributed by atoms with Crippen LogP contribution in [0.1, 0.15) is 23.7 Å². The summed E-state index contributed by atoms with van der Waals surface area (Å²) in [6.07, 6.45) is 0.501. The zero-order valence-electron chi connectivity index (χ0n) is 9.94. The molecule has 1 aromatic rings. The number of hydrogen-bond acceptors (Lipinski definition) is 3. The molecule has 0 aromatic heterocycles. The minimum absolute atomic E-state index is 0.0335. The highest BCUT2D eigenvalue weighted by atomic mass is 19.1. The van der Waals surface area contributed by atoms with Gasteiger partial charge in [-0.1, -0.05) is 6.92 Å². The molecule has 1 atom stereocenters. The second-order valence-electron chi connectivity index (χ2n) is 3.97. The zero-order valence-corrected chi connectivity index (χ0v) is 9.94. The van der Waals surface area contributed by atoms with E-state index in [0.29, 0.717) is 13.0 Å². The molecule has 0 bridgehead atoms. The van der Waals surface area contributed by atoms with E-state index in [9.17, 15) is 14.0 Å². The van der Waals surface area contributed by atoms with Crippen molar-refractivity contribution >= 4 is 17.6 Å². The van der Waals surface area contributed by atoms with Gasteiger partial charge in [-0.25, -0.2) is 9.18 Å². The molecule has 1 aromatic carbocycles. The van der Waals surface area contributed by atoms with E-state index in [0.717, 1.165) is 6.07 Å². The summed E-state index contributed by atoms with van der Waals surface area (Å²) >= 11 is 0. The zero-order chi connectivity index (χ0) is 13.7. The molecule has 0 aliphatic rings. The van der Waals surface area contributed by atoms with Crippen molar-refractivity contribution in [2.45, 2.75) is 13.3 Å². The SMILES string of the molecule is CC(CCN)C(=O)Nc1ccc(C(=O)O)cc1F. The molecule has 1 unspecified atom stereocenters. The van der Waals surface area contributed by atoms with Gasteiger partial charge >= 0.3 is 5.97 Å². The summed E-state index contributed by atoms with van der Waals surface area (Å²) in [5.74, 6) is -2.66. The molecular weight excluding hydrogens is 239 g/mol. The topological polar surface area (TPSA) is 92.4 Å². The molecule has 1 amide bonds. The van der Waals surface area contributed by atoms with Crippen LogP contribution in [0, 0.1) is 11.7 Å². The summed E-state index contributed by atoms with van der Waals surface area (Å²) < 4.78 is 13.5. The standard InChI is InChI=1S/C12H15FN2O3/c1-7(4-5-14)11(16)15-10-3-2-8(12(17)18)6-9(10)13/h2-3,6-7H,4-5,14H2,1H3,(H,15,16)(H,17,18). The second kappa shape index (κ2) is 6.11. The summed E-state index contributed by atoms with van der Waals surface area (Å²) in [6.45, 7) is 2.06. The quantitative estimate of drug-likeness (QED) is 0.741. The second-order valence-corrected chi connectivity index (χ2v) is 3.97. The number of anilines is 1. The van der Waals surface area contributed by atoms with Crippen molar-refractivity contribution in [3.63, 3.8) is 0 Å². The molecule has 0 aliphatic heterocycles. The number of rotatable bonds is 5. The molecule has 1 rings (SSSR count). The molecule has 6 heteroatoms. The van der Waals surface area contributed by atoms with E-state index < -0.39 is 11.8 Å². The molecule has 0 heterocycles. The average molecular weight is 254 g/mol. The fourth-order valence-corrected chi connectivity index (χ4v) is 1.39. The van der Waals surface area contributed by atoms with E-state index in [-0.39, 0.29) is 23.1 Å². The summed E-state index contributed by atoms with van der Waals surface area (Å²) in [5.41, 5.74) is 5.12. The number of halogens is 1. The molecule has 5 nitrogen and oxygen atoms in total. The van der Waals surface area contributed by atoms with Crippen LogP contribution in [0.3, 0.4) is 0 Å². The molecule has 0 spiro atoms. The minimum atomic E-state index is -1.22. The van der Waals surface area contributed by atoms with Crippen LogP contribution in [-0.4, -0.2) is 23.5 Å². The highest BCUT2D eigenvalue weighted by molar-refractivity contribution is 5.93. The van der Waals surface area contributed by atoms with Gasteiger partial charge in [0.25, 0.3) is 0 Å². The Morgan fingerprint density at radius 2 is 2.17 bits per heavy atom. The highest BCUT2D eigenvalue weighted by Gasteiger charge is 2.15. The Balaban J connectivity index is 2.79. The molecule has 0 saturated carbocycles. The Bertz CT molecular complexity index is 463. The van der Waals surface area contributed by atoms with Crippen molar-refractivity contribution in [2.24, 2.45) is 11.7 Å². The van der Waals surface area contributed by atoms with Crippen LogP contribution in [0.5, 0.6) is 0 Å². The van der Waals surface area contributed by atoms with Crippen LogP contribution in [-0.2, 0) is 4.79 Å². The minimum Gasteiger partial charge on any atom is -0.478 e. The van der Waals surface area contributed by atoms with Crippen molar-refractivity contribution in [2.75, 3.05) is 11.9 Å². The lowest BCUT2D eigenvalue weighted by Crippen LogP contribution is -2.23. The first kappa shape index (κ1) is 14.1. The molecule has 98 valence electrons. The van der Waals surface area contributed by atoms with E-state index in [1.807, 2.05) is 0 Å². The van der Waals surface area contributed by atoms with Gasteiger partial charge in [0.1, 0.15) is 5.82 Å². The third-order valence-corrected chi connectivity index (χ3v) is 2.52. The van der Waals surface area contributed by atoms with Crippen molar-refractivity contribution in [3.05, 3.63) is 29.6 Å². The molecule has 0 fully saturated rings. The Hall–Kier alpha value is -1.95. The number of aromatic carboxylic acids is 1. The number of hydrogen-bond donors (Lipinski definition) is 3. The Morgan fingerprint density at radius 3 is 2.67 bits per heavy atom. The smallest absolute Gasteiger partial charge is 0.335 e. The predicted molar refractivity (Wildman–Crippen MR) is 64.8 cm³/mol. The molecule has 0 saturated heterocycles. The largest absolute Gasteiger partial charge is 0.478 e. The third kappa shape index (κ3) is 3.53. The van der Waals surface area contributed by atoms with Gasteiger partial charge in [-0.2, -0.15) is 0 Å². The number of carbonyl (C=O) groups excluding carboxylic acids is 1. The van der Waals surface area contributed by atoms with Crippen LogP contribution in [0.4, 0.5) is 10.1 Å². The van der Waals surface area contributed by atoms with Gasteiger partial charge < -0.3 is 16.2 Å². The van der Waals surface area contributed by atoms with Crippen molar-refractivity contribution in [1.82, 2.24) is 0 Å². The van der Waals surface area contributed by atoms with Crippen LogP contribution >= 0.6 is 0 Å². The Morgan fingerprint density at radius 1 is 1.50 bits per heavy atom. The predicted octanol–water partition coefficient (Wildman–Crippen LogP) is 1.45. The molecule has 0 radical (unpaired) electrons. The average Bonchev–Trinajstić information content (AvgIpc) is 2.31. The molecule has 0 aliphatic carbocycles. The number of nitrogens with one attached hydrogen (secondary N) is 1.